The van der Waals surface area contributed by atoms with Crippen LogP contribution in [0.15, 0.2) is 151 Å². The number of tetrazole rings is 1. The van der Waals surface area contributed by atoms with E-state index in [0.29, 0.717) is 12.2 Å². The van der Waals surface area contributed by atoms with Gasteiger partial charge in [-0.05, 0) is 51.4 Å². The highest BCUT2D eigenvalue weighted by Gasteiger charge is 2.41. The first-order valence-electron chi connectivity index (χ1n) is 17.6. The number of carbonyl (C=O) groups excluding carboxylic acids is 1. The number of nitrogens with one attached hydrogen (secondary N) is 1. The molecule has 256 valence electrons. The van der Waals surface area contributed by atoms with Crippen molar-refractivity contribution in [3.8, 4) is 22.5 Å². The number of hydrogen-bond donors (Lipinski definition) is 1. The molecular weight excluding hydrogens is 633 g/mol. The number of benzene rings is 5. The van der Waals surface area contributed by atoms with Crippen LogP contribution in [0.3, 0.4) is 0 Å². The van der Waals surface area contributed by atoms with Gasteiger partial charge in [0.15, 0.2) is 5.54 Å². The van der Waals surface area contributed by atoms with Gasteiger partial charge in [-0.15, -0.1) is 15.0 Å². The number of hydrazine groups is 1. The Hall–Kier alpha value is -5.86. The fourth-order valence-corrected chi connectivity index (χ4v) is 7.33. The van der Waals surface area contributed by atoms with E-state index in [0.717, 1.165) is 69.6 Å². The third kappa shape index (κ3) is 6.35. The van der Waals surface area contributed by atoms with Gasteiger partial charge in [-0.2, -0.15) is 0 Å². The highest BCUT2D eigenvalue weighted by molar-refractivity contribution is 5.91. The molecule has 0 aliphatic carbocycles. The first kappa shape index (κ1) is 33.6. The highest BCUT2D eigenvalue weighted by atomic mass is 16.5. The Labute approximate surface area is 299 Å². The van der Waals surface area contributed by atoms with Crippen molar-refractivity contribution in [1.29, 1.82) is 0 Å². The van der Waals surface area contributed by atoms with Crippen molar-refractivity contribution in [2.45, 2.75) is 44.7 Å². The molecule has 0 saturated heterocycles. The zero-order valence-electron chi connectivity index (χ0n) is 29.2. The van der Waals surface area contributed by atoms with E-state index >= 15 is 0 Å². The third-order valence-electron chi connectivity index (χ3n) is 9.67. The number of carbonyl (C=O) groups is 1. The number of hydrogen-bond acceptors (Lipinski definition) is 7. The van der Waals surface area contributed by atoms with Crippen LogP contribution in [0.5, 0.6) is 0 Å². The van der Waals surface area contributed by atoms with E-state index in [9.17, 15) is 4.79 Å². The number of esters is 1. The van der Waals surface area contributed by atoms with Crippen molar-refractivity contribution >= 4 is 5.97 Å². The first-order valence-corrected chi connectivity index (χ1v) is 17.6. The van der Waals surface area contributed by atoms with E-state index in [1.807, 2.05) is 72.8 Å². The molecule has 0 radical (unpaired) electrons. The Morgan fingerprint density at radius 3 is 1.82 bits per heavy atom. The molecular formula is C43H42N6O2. The zero-order valence-corrected chi connectivity index (χ0v) is 29.2. The quantitative estimate of drug-likeness (QED) is 0.105. The largest absolute Gasteiger partial charge is 0.466 e. The maximum absolute atomic E-state index is 12.9. The van der Waals surface area contributed by atoms with Crippen LogP contribution in [-0.2, 0) is 21.5 Å². The lowest BCUT2D eigenvalue weighted by Crippen LogP contribution is -2.40. The molecule has 0 saturated carbocycles. The van der Waals surface area contributed by atoms with Crippen LogP contribution in [0.1, 0.15) is 48.9 Å². The first-order chi connectivity index (χ1) is 25.1. The minimum absolute atomic E-state index is 0.0103. The summed E-state index contributed by atoms with van der Waals surface area (Å²) in [5.41, 5.74) is 11.4. The predicted molar refractivity (Wildman–Crippen MR) is 200 cm³/mol. The summed E-state index contributed by atoms with van der Waals surface area (Å²) in [5.74, 6) is 0.261. The molecule has 1 unspecified atom stereocenters. The number of allylic oxidation sites excluding steroid dienone is 1. The number of aromatic nitrogens is 4. The fourth-order valence-electron chi connectivity index (χ4n) is 7.33. The molecule has 0 amide bonds. The van der Waals surface area contributed by atoms with Gasteiger partial charge in [0.2, 0.25) is 5.82 Å². The number of rotatable bonds is 12. The van der Waals surface area contributed by atoms with Gasteiger partial charge in [0.05, 0.1) is 18.7 Å². The third-order valence-corrected chi connectivity index (χ3v) is 9.67. The topological polar surface area (TPSA) is 85.2 Å². The maximum Gasteiger partial charge on any atom is 0.337 e. The summed E-state index contributed by atoms with van der Waals surface area (Å²) in [6, 6.07) is 47.7. The van der Waals surface area contributed by atoms with Gasteiger partial charge in [0.25, 0.3) is 0 Å². The summed E-state index contributed by atoms with van der Waals surface area (Å²) in [6.07, 6.45) is 2.39. The van der Waals surface area contributed by atoms with Gasteiger partial charge in [0, 0.05) is 24.2 Å². The fraction of sp³-hybridized carbons (Fsp3) is 0.209. The van der Waals surface area contributed by atoms with Gasteiger partial charge in [-0.3, -0.25) is 0 Å². The molecule has 1 atom stereocenters. The molecule has 6 aromatic rings. The lowest BCUT2D eigenvalue weighted by atomic mass is 9.77. The summed E-state index contributed by atoms with van der Waals surface area (Å²) < 4.78 is 5.21. The molecule has 0 fully saturated rings. The van der Waals surface area contributed by atoms with Gasteiger partial charge in [-0.25, -0.2) is 9.80 Å². The van der Waals surface area contributed by atoms with Crippen LogP contribution in [0.25, 0.3) is 22.5 Å². The van der Waals surface area contributed by atoms with Gasteiger partial charge in [-0.1, -0.05) is 153 Å². The second-order valence-electron chi connectivity index (χ2n) is 12.7. The van der Waals surface area contributed by atoms with Crippen molar-refractivity contribution in [1.82, 2.24) is 30.6 Å². The standard InChI is InChI=1S/C43H42N6O2/c1-4-29-48-39(5-2)40(42(50)51-3)38(45-48)30-31-25-27-32(28-26-31)36-23-15-16-24-37(36)41-44-47-49(46-41)43(33-17-9-6-10-18-33,34-19-11-7-12-20-34)35-21-13-8-14-22-35/h6-28,39,45H,4-5,29-30H2,1-3H3. The summed E-state index contributed by atoms with van der Waals surface area (Å²) in [4.78, 5) is 14.6. The van der Waals surface area contributed by atoms with Gasteiger partial charge in [0.1, 0.15) is 0 Å². The molecule has 5 aromatic carbocycles. The molecule has 8 nitrogen and oxygen atoms in total. The molecule has 7 rings (SSSR count). The van der Waals surface area contributed by atoms with E-state index in [1.54, 1.807) is 4.80 Å². The summed E-state index contributed by atoms with van der Waals surface area (Å²) >= 11 is 0. The molecule has 0 spiro atoms. The van der Waals surface area contributed by atoms with E-state index in [4.69, 9.17) is 20.1 Å². The van der Waals surface area contributed by atoms with Crippen LogP contribution in [0.4, 0.5) is 0 Å². The lowest BCUT2D eigenvalue weighted by molar-refractivity contribution is -0.136. The van der Waals surface area contributed by atoms with Crippen molar-refractivity contribution in [2.75, 3.05) is 13.7 Å². The SMILES string of the molecule is CCCN1NC(Cc2ccc(-c3ccccc3-c3nnn(C(c4ccccc4)(c4ccccc4)c4ccccc4)n3)cc2)=C(C(=O)OC)C1CC. The maximum atomic E-state index is 12.9. The summed E-state index contributed by atoms with van der Waals surface area (Å²) in [6.45, 7) is 5.09. The molecule has 1 aliphatic heterocycles. The molecule has 1 aromatic heterocycles. The Balaban J connectivity index is 1.26. The van der Waals surface area contributed by atoms with E-state index in [2.05, 4.69) is 91.0 Å². The van der Waals surface area contributed by atoms with Crippen LogP contribution in [0, 0.1) is 0 Å². The Kier molecular flexibility index (Phi) is 9.85. The van der Waals surface area contributed by atoms with E-state index < -0.39 is 5.54 Å². The summed E-state index contributed by atoms with van der Waals surface area (Å²) in [7, 11) is 1.45. The summed E-state index contributed by atoms with van der Waals surface area (Å²) in [5, 5.41) is 16.8. The molecule has 1 N–H and O–H groups in total. The average Bonchev–Trinajstić information content (AvgIpc) is 3.82. The second kappa shape index (κ2) is 14.9. The molecule has 1 aliphatic rings. The smallest absolute Gasteiger partial charge is 0.337 e. The molecule has 2 heterocycles. The van der Waals surface area contributed by atoms with Crippen molar-refractivity contribution in [3.05, 3.63) is 173 Å². The van der Waals surface area contributed by atoms with Gasteiger partial charge >= 0.3 is 5.97 Å². The van der Waals surface area contributed by atoms with Crippen LogP contribution in [-0.4, -0.2) is 50.9 Å². The zero-order chi connectivity index (χ0) is 35.2. The monoisotopic (exact) mass is 674 g/mol. The molecule has 0 bridgehead atoms. The van der Waals surface area contributed by atoms with Crippen LogP contribution in [0.2, 0.25) is 0 Å². The molecule has 8 heteroatoms. The van der Waals surface area contributed by atoms with E-state index in [-0.39, 0.29) is 12.0 Å². The predicted octanol–water partition coefficient (Wildman–Crippen LogP) is 7.83. The van der Waals surface area contributed by atoms with Crippen molar-refractivity contribution in [2.24, 2.45) is 0 Å². The van der Waals surface area contributed by atoms with Crippen LogP contribution < -0.4 is 5.43 Å². The van der Waals surface area contributed by atoms with Crippen molar-refractivity contribution in [3.63, 3.8) is 0 Å². The number of nitrogens with zero attached hydrogens (tertiary/aromatic N) is 5. The number of methoxy groups -OCH3 is 1. The second-order valence-corrected chi connectivity index (χ2v) is 12.7. The Morgan fingerprint density at radius 2 is 1.29 bits per heavy atom. The van der Waals surface area contributed by atoms with Crippen molar-refractivity contribution < 1.29 is 9.53 Å². The molecule has 51 heavy (non-hydrogen) atoms. The van der Waals surface area contributed by atoms with Gasteiger partial charge < -0.3 is 10.2 Å². The average molecular weight is 675 g/mol. The number of ether oxygens (including phenoxy) is 1. The van der Waals surface area contributed by atoms with Crippen LogP contribution >= 0.6 is 0 Å². The van der Waals surface area contributed by atoms with E-state index in [1.165, 1.54) is 7.11 Å². The minimum atomic E-state index is -0.860. The lowest BCUT2D eigenvalue weighted by Gasteiger charge is -2.34. The normalized spacial score (nSPS) is 14.8. The Bertz CT molecular complexity index is 2010. The highest BCUT2D eigenvalue weighted by Crippen LogP contribution is 2.40. The minimum Gasteiger partial charge on any atom is -0.466 e. The Morgan fingerprint density at radius 1 is 0.745 bits per heavy atom.